The highest BCUT2D eigenvalue weighted by atomic mass is 35.5. The molecule has 0 aromatic heterocycles. The Kier molecular flexibility index (Phi) is 5.87. The number of nitrogens with zero attached hydrogens (tertiary/aromatic N) is 1. The largest absolute Gasteiger partial charge is 0.326 e. The van der Waals surface area contributed by atoms with Gasteiger partial charge in [0.2, 0.25) is 10.0 Å². The molecule has 0 radical (unpaired) electrons. The van der Waals surface area contributed by atoms with E-state index >= 15 is 0 Å². The zero-order valence-corrected chi connectivity index (χ0v) is 13.9. The predicted octanol–water partition coefficient (Wildman–Crippen LogP) is 2.61. The molecule has 0 spiro atoms. The molecule has 1 saturated heterocycles. The monoisotopic (exact) mass is 338 g/mol. The quantitative estimate of drug-likeness (QED) is 0.921. The van der Waals surface area contributed by atoms with Crippen LogP contribution in [-0.4, -0.2) is 31.9 Å². The van der Waals surface area contributed by atoms with Gasteiger partial charge in [0.15, 0.2) is 0 Å². The van der Waals surface area contributed by atoms with Crippen molar-refractivity contribution in [2.45, 2.75) is 37.1 Å². The maximum Gasteiger partial charge on any atom is 0.244 e. The van der Waals surface area contributed by atoms with E-state index in [1.807, 2.05) is 19.9 Å². The molecule has 1 aromatic rings. The Bertz CT molecular complexity index is 576. The van der Waals surface area contributed by atoms with Crippen LogP contribution in [0.25, 0.3) is 0 Å². The van der Waals surface area contributed by atoms with Crippen LogP contribution in [0.15, 0.2) is 23.1 Å². The summed E-state index contributed by atoms with van der Waals surface area (Å²) in [5.74, 6) is 0.257. The molecule has 2 N–H and O–H groups in total. The highest BCUT2D eigenvalue weighted by molar-refractivity contribution is 7.89. The Balaban J connectivity index is 0.00000200. The van der Waals surface area contributed by atoms with Gasteiger partial charge < -0.3 is 5.73 Å². The SMILES string of the molecule is CC(C)c1ccc(Cl)c(S(=O)(=O)N2CC[C@H](N)C2)c1.Cl. The van der Waals surface area contributed by atoms with Gasteiger partial charge in [-0.3, -0.25) is 0 Å². The van der Waals surface area contributed by atoms with Gasteiger partial charge >= 0.3 is 0 Å². The van der Waals surface area contributed by atoms with Crippen LogP contribution in [-0.2, 0) is 10.0 Å². The Hall–Kier alpha value is -0.330. The lowest BCUT2D eigenvalue weighted by molar-refractivity contribution is 0.472. The Morgan fingerprint density at radius 2 is 2.05 bits per heavy atom. The number of hydrogen-bond acceptors (Lipinski definition) is 3. The lowest BCUT2D eigenvalue weighted by Gasteiger charge is -2.18. The van der Waals surface area contributed by atoms with Crippen LogP contribution in [0.2, 0.25) is 5.02 Å². The molecule has 114 valence electrons. The van der Waals surface area contributed by atoms with Gasteiger partial charge in [-0.05, 0) is 30.0 Å². The molecule has 20 heavy (non-hydrogen) atoms. The van der Waals surface area contributed by atoms with Crippen molar-refractivity contribution in [3.63, 3.8) is 0 Å². The summed E-state index contributed by atoms with van der Waals surface area (Å²) in [4.78, 5) is 0.189. The minimum absolute atomic E-state index is 0. The molecule has 0 bridgehead atoms. The number of hydrogen-bond donors (Lipinski definition) is 1. The fraction of sp³-hybridized carbons (Fsp3) is 0.538. The summed E-state index contributed by atoms with van der Waals surface area (Å²) in [6.45, 7) is 4.87. The Morgan fingerprint density at radius 3 is 2.55 bits per heavy atom. The number of rotatable bonds is 3. The van der Waals surface area contributed by atoms with E-state index in [4.69, 9.17) is 17.3 Å². The smallest absolute Gasteiger partial charge is 0.244 e. The van der Waals surface area contributed by atoms with Gasteiger partial charge in [0.1, 0.15) is 4.90 Å². The maximum absolute atomic E-state index is 12.6. The summed E-state index contributed by atoms with van der Waals surface area (Å²) in [6.07, 6.45) is 0.695. The molecule has 0 amide bonds. The van der Waals surface area contributed by atoms with E-state index in [0.717, 1.165) is 5.56 Å². The summed E-state index contributed by atoms with van der Waals surface area (Å²) in [7, 11) is -3.54. The highest BCUT2D eigenvalue weighted by Crippen LogP contribution is 2.29. The third kappa shape index (κ3) is 3.46. The molecule has 2 rings (SSSR count). The summed E-state index contributed by atoms with van der Waals surface area (Å²) >= 11 is 6.06. The van der Waals surface area contributed by atoms with Crippen LogP contribution in [0.3, 0.4) is 0 Å². The van der Waals surface area contributed by atoms with E-state index in [1.54, 1.807) is 12.1 Å². The predicted molar refractivity (Wildman–Crippen MR) is 84.1 cm³/mol. The molecule has 0 aliphatic carbocycles. The standard InChI is InChI=1S/C13H19ClN2O2S.ClH/c1-9(2)10-3-4-12(14)13(7-10)19(17,18)16-6-5-11(15)8-16;/h3-4,7,9,11H,5-6,8,15H2,1-2H3;1H/t11-;/m0./s1. The van der Waals surface area contributed by atoms with Crippen LogP contribution in [0.5, 0.6) is 0 Å². The van der Waals surface area contributed by atoms with Gasteiger partial charge in [-0.25, -0.2) is 8.42 Å². The minimum atomic E-state index is -3.54. The lowest BCUT2D eigenvalue weighted by atomic mass is 10.0. The molecular weight excluding hydrogens is 319 g/mol. The van der Waals surface area contributed by atoms with E-state index < -0.39 is 10.0 Å². The van der Waals surface area contributed by atoms with Crippen LogP contribution in [0.1, 0.15) is 31.7 Å². The average molecular weight is 339 g/mol. The van der Waals surface area contributed by atoms with Crippen LogP contribution in [0.4, 0.5) is 0 Å². The van der Waals surface area contributed by atoms with Crippen molar-refractivity contribution in [3.05, 3.63) is 28.8 Å². The molecule has 1 aliphatic heterocycles. The van der Waals surface area contributed by atoms with Gasteiger partial charge in [-0.1, -0.05) is 31.5 Å². The van der Waals surface area contributed by atoms with Crippen molar-refractivity contribution in [2.24, 2.45) is 5.73 Å². The normalized spacial score (nSPS) is 20.1. The summed E-state index contributed by atoms with van der Waals surface area (Å²) in [6, 6.07) is 5.11. The first-order chi connectivity index (χ1) is 8.82. The average Bonchev–Trinajstić information content (AvgIpc) is 2.76. The van der Waals surface area contributed by atoms with E-state index in [-0.39, 0.29) is 34.3 Å². The second kappa shape index (κ2) is 6.62. The molecule has 1 aliphatic rings. The van der Waals surface area contributed by atoms with Crippen LogP contribution < -0.4 is 5.73 Å². The third-order valence-electron chi connectivity index (χ3n) is 3.43. The molecule has 4 nitrogen and oxygen atoms in total. The molecule has 1 fully saturated rings. The summed E-state index contributed by atoms with van der Waals surface area (Å²) < 4.78 is 26.5. The van der Waals surface area contributed by atoms with Crippen molar-refractivity contribution in [1.82, 2.24) is 4.31 Å². The minimum Gasteiger partial charge on any atom is -0.326 e. The molecule has 0 unspecified atom stereocenters. The van der Waals surface area contributed by atoms with E-state index in [0.29, 0.717) is 19.5 Å². The molecule has 1 aromatic carbocycles. The molecule has 0 saturated carbocycles. The van der Waals surface area contributed by atoms with Crippen LogP contribution >= 0.6 is 24.0 Å². The molecular formula is C13H20Cl2N2O2S. The van der Waals surface area contributed by atoms with Crippen molar-refractivity contribution < 1.29 is 8.42 Å². The third-order valence-corrected chi connectivity index (χ3v) is 5.77. The van der Waals surface area contributed by atoms with E-state index in [2.05, 4.69) is 0 Å². The maximum atomic E-state index is 12.6. The lowest BCUT2D eigenvalue weighted by Crippen LogP contribution is -2.32. The topological polar surface area (TPSA) is 63.4 Å². The second-order valence-electron chi connectivity index (χ2n) is 5.26. The van der Waals surface area contributed by atoms with Gasteiger partial charge in [0.25, 0.3) is 0 Å². The summed E-state index contributed by atoms with van der Waals surface area (Å²) in [5.41, 5.74) is 6.74. The van der Waals surface area contributed by atoms with Gasteiger partial charge in [0, 0.05) is 19.1 Å². The molecule has 1 heterocycles. The first kappa shape index (κ1) is 17.7. The summed E-state index contributed by atoms with van der Waals surface area (Å²) in [5, 5.41) is 0.268. The van der Waals surface area contributed by atoms with E-state index in [9.17, 15) is 8.42 Å². The molecule has 7 heteroatoms. The first-order valence-corrected chi connectivity index (χ1v) is 8.19. The van der Waals surface area contributed by atoms with Crippen molar-refractivity contribution in [3.8, 4) is 0 Å². The zero-order chi connectivity index (χ0) is 14.2. The van der Waals surface area contributed by atoms with E-state index in [1.165, 1.54) is 4.31 Å². The van der Waals surface area contributed by atoms with Crippen LogP contribution in [0, 0.1) is 0 Å². The van der Waals surface area contributed by atoms with Crippen molar-refractivity contribution >= 4 is 34.0 Å². The Labute approximate surface area is 131 Å². The first-order valence-electron chi connectivity index (χ1n) is 6.37. The number of sulfonamides is 1. The van der Waals surface area contributed by atoms with Gasteiger partial charge in [-0.15, -0.1) is 12.4 Å². The Morgan fingerprint density at radius 1 is 1.40 bits per heavy atom. The number of benzene rings is 1. The number of nitrogens with two attached hydrogens (primary N) is 1. The fourth-order valence-electron chi connectivity index (χ4n) is 2.19. The fourth-order valence-corrected chi connectivity index (χ4v) is 4.21. The van der Waals surface area contributed by atoms with Crippen molar-refractivity contribution in [1.29, 1.82) is 0 Å². The zero-order valence-electron chi connectivity index (χ0n) is 11.5. The van der Waals surface area contributed by atoms with Gasteiger partial charge in [-0.2, -0.15) is 4.31 Å². The van der Waals surface area contributed by atoms with Crippen molar-refractivity contribution in [2.75, 3.05) is 13.1 Å². The second-order valence-corrected chi connectivity index (χ2v) is 7.57. The van der Waals surface area contributed by atoms with Gasteiger partial charge in [0.05, 0.1) is 5.02 Å². The number of halogens is 2. The highest BCUT2D eigenvalue weighted by Gasteiger charge is 2.32. The molecule has 1 atom stereocenters.